The van der Waals surface area contributed by atoms with Gasteiger partial charge in [-0.2, -0.15) is 0 Å². The number of sulfonamides is 1. The molecule has 0 atom stereocenters. The van der Waals surface area contributed by atoms with Gasteiger partial charge < -0.3 is 10.1 Å². The number of carbonyl (C=O) groups is 1. The Kier molecular flexibility index (Phi) is 9.42. The molecule has 0 aromatic heterocycles. The zero-order valence-electron chi connectivity index (χ0n) is 19.4. The van der Waals surface area contributed by atoms with Gasteiger partial charge in [0.25, 0.3) is 5.91 Å². The zero-order valence-corrected chi connectivity index (χ0v) is 22.6. The summed E-state index contributed by atoms with van der Waals surface area (Å²) in [4.78, 5) is 12.9. The van der Waals surface area contributed by atoms with Gasteiger partial charge in [0, 0.05) is 15.7 Å². The van der Waals surface area contributed by atoms with Gasteiger partial charge in [-0.3, -0.25) is 10.1 Å². The van der Waals surface area contributed by atoms with Gasteiger partial charge in [0.1, 0.15) is 5.75 Å². The smallest absolute Gasteiger partial charge is 0.261 e. The molecule has 0 aliphatic rings. The third kappa shape index (κ3) is 9.04. The highest BCUT2D eigenvalue weighted by Crippen LogP contribution is 2.24. The normalized spacial score (nSPS) is 11.8. The van der Waals surface area contributed by atoms with Gasteiger partial charge in [-0.15, -0.1) is 0 Å². The molecule has 2 aromatic carbocycles. The van der Waals surface area contributed by atoms with Crippen LogP contribution in [-0.4, -0.2) is 31.6 Å². The van der Waals surface area contributed by atoms with Gasteiger partial charge in [-0.05, 0) is 87.8 Å². The van der Waals surface area contributed by atoms with Gasteiger partial charge in [-0.25, -0.2) is 13.1 Å². The molecule has 2 rings (SSSR count). The van der Waals surface area contributed by atoms with Crippen LogP contribution in [0.25, 0.3) is 0 Å². The van der Waals surface area contributed by atoms with Crippen molar-refractivity contribution in [1.29, 1.82) is 0 Å². The highest BCUT2D eigenvalue weighted by Gasteiger charge is 2.22. The Bertz CT molecular complexity index is 1100. The minimum Gasteiger partial charge on any atom is -0.493 e. The van der Waals surface area contributed by atoms with Crippen LogP contribution in [-0.2, 0) is 10.0 Å². The Morgan fingerprint density at radius 1 is 1.12 bits per heavy atom. The molecule has 0 aliphatic carbocycles. The first kappa shape index (κ1) is 27.2. The highest BCUT2D eigenvalue weighted by molar-refractivity contribution is 9.10. The van der Waals surface area contributed by atoms with E-state index < -0.39 is 21.5 Å². The van der Waals surface area contributed by atoms with Crippen molar-refractivity contribution in [2.75, 3.05) is 11.9 Å². The number of halogens is 1. The summed E-state index contributed by atoms with van der Waals surface area (Å²) in [6.07, 6.45) is 0.869. The van der Waals surface area contributed by atoms with E-state index >= 15 is 0 Å². The minimum atomic E-state index is -3.64. The molecule has 0 aliphatic heterocycles. The number of carbonyl (C=O) groups excluding carboxylic acids is 1. The Morgan fingerprint density at radius 2 is 1.76 bits per heavy atom. The summed E-state index contributed by atoms with van der Waals surface area (Å²) in [5.41, 5.74) is 0.301. The van der Waals surface area contributed by atoms with Crippen molar-refractivity contribution in [3.63, 3.8) is 0 Å². The van der Waals surface area contributed by atoms with E-state index in [2.05, 4.69) is 45.1 Å². The van der Waals surface area contributed by atoms with E-state index in [1.807, 2.05) is 6.07 Å². The molecule has 33 heavy (non-hydrogen) atoms. The van der Waals surface area contributed by atoms with Gasteiger partial charge in [0.15, 0.2) is 5.11 Å². The third-order valence-electron chi connectivity index (χ3n) is 4.23. The molecule has 1 amide bonds. The zero-order chi connectivity index (χ0) is 24.8. The minimum absolute atomic E-state index is 0.0801. The molecule has 10 heteroatoms. The summed E-state index contributed by atoms with van der Waals surface area (Å²) < 4.78 is 34.0. The maximum atomic E-state index is 12.8. The second-order valence-electron chi connectivity index (χ2n) is 8.96. The van der Waals surface area contributed by atoms with Crippen molar-refractivity contribution in [2.45, 2.75) is 51.5 Å². The molecule has 0 spiro atoms. The number of rotatable bonds is 8. The van der Waals surface area contributed by atoms with E-state index in [0.717, 1.165) is 10.9 Å². The fourth-order valence-electron chi connectivity index (χ4n) is 2.72. The molecule has 0 fully saturated rings. The van der Waals surface area contributed by atoms with Crippen LogP contribution in [0.15, 0.2) is 51.8 Å². The average molecular weight is 557 g/mol. The summed E-state index contributed by atoms with van der Waals surface area (Å²) in [6.45, 7) is 10.0. The van der Waals surface area contributed by atoms with Crippen LogP contribution in [0.3, 0.4) is 0 Å². The summed E-state index contributed by atoms with van der Waals surface area (Å²) in [6, 6.07) is 11.3. The van der Waals surface area contributed by atoms with E-state index in [-0.39, 0.29) is 10.0 Å². The van der Waals surface area contributed by atoms with Gasteiger partial charge in [0.05, 0.1) is 17.1 Å². The third-order valence-corrected chi connectivity index (χ3v) is 6.70. The lowest BCUT2D eigenvalue weighted by Gasteiger charge is -2.20. The quantitative estimate of drug-likeness (QED) is 0.393. The fraction of sp³-hybridized carbons (Fsp3) is 0.391. The van der Waals surface area contributed by atoms with Gasteiger partial charge in [0.2, 0.25) is 10.0 Å². The summed E-state index contributed by atoms with van der Waals surface area (Å²) in [5, 5.41) is 5.61. The van der Waals surface area contributed by atoms with Crippen molar-refractivity contribution in [2.24, 2.45) is 5.92 Å². The molecular weight excluding hydrogens is 526 g/mol. The van der Waals surface area contributed by atoms with Crippen LogP contribution in [0.1, 0.15) is 51.4 Å². The van der Waals surface area contributed by atoms with Crippen LogP contribution in [0.2, 0.25) is 0 Å². The Morgan fingerprint density at radius 3 is 2.33 bits per heavy atom. The van der Waals surface area contributed by atoms with E-state index in [1.165, 1.54) is 12.1 Å². The number of hydrogen-bond acceptors (Lipinski definition) is 5. The molecule has 0 unspecified atom stereocenters. The van der Waals surface area contributed by atoms with Crippen LogP contribution < -0.4 is 20.1 Å². The average Bonchev–Trinajstić information content (AvgIpc) is 2.67. The maximum Gasteiger partial charge on any atom is 0.261 e. The lowest BCUT2D eigenvalue weighted by atomic mass is 10.1. The Balaban J connectivity index is 2.05. The molecule has 0 radical (unpaired) electrons. The van der Waals surface area contributed by atoms with E-state index in [1.54, 1.807) is 45.0 Å². The molecule has 0 heterocycles. The summed E-state index contributed by atoms with van der Waals surface area (Å²) in [7, 11) is -3.64. The molecule has 0 saturated heterocycles. The van der Waals surface area contributed by atoms with Gasteiger partial charge in [-0.1, -0.05) is 29.8 Å². The lowest BCUT2D eigenvalue weighted by molar-refractivity contribution is 0.0973. The number of nitrogens with one attached hydrogen (secondary N) is 3. The standard InChI is InChI=1S/C23H30BrN3O4S2/c1-15(2)12-13-31-20-11-6-16(24)14-19(20)21(28)26-22(32)25-17-7-9-18(10-8-17)33(29,30)27-23(3,4)5/h6-11,14-15,27H,12-13H2,1-5H3,(H2,25,26,28,32). The van der Waals surface area contributed by atoms with Crippen molar-refractivity contribution in [3.8, 4) is 5.75 Å². The second-order valence-corrected chi connectivity index (χ2v) is 12.0. The summed E-state index contributed by atoms with van der Waals surface area (Å²) in [5.74, 6) is 0.544. The number of hydrogen-bond donors (Lipinski definition) is 3. The Hall–Kier alpha value is -2.01. The number of amides is 1. The molecule has 0 bridgehead atoms. The SMILES string of the molecule is CC(C)CCOc1ccc(Br)cc1C(=O)NC(=S)Nc1ccc(S(=O)(=O)NC(C)(C)C)cc1. The number of thiocarbonyl (C=S) groups is 1. The maximum absolute atomic E-state index is 12.8. The first-order valence-electron chi connectivity index (χ1n) is 10.5. The van der Waals surface area contributed by atoms with Crippen molar-refractivity contribution < 1.29 is 17.9 Å². The topological polar surface area (TPSA) is 96.5 Å². The van der Waals surface area contributed by atoms with Crippen molar-refractivity contribution >= 4 is 54.9 Å². The Labute approximate surface area is 209 Å². The molecule has 3 N–H and O–H groups in total. The van der Waals surface area contributed by atoms with Crippen molar-refractivity contribution in [1.82, 2.24) is 10.0 Å². The second kappa shape index (κ2) is 11.4. The fourth-order valence-corrected chi connectivity index (χ4v) is 4.71. The molecule has 180 valence electrons. The number of benzene rings is 2. The van der Waals surface area contributed by atoms with Crippen LogP contribution in [0.4, 0.5) is 5.69 Å². The molecule has 7 nitrogen and oxygen atoms in total. The van der Waals surface area contributed by atoms with E-state index in [9.17, 15) is 13.2 Å². The number of anilines is 1. The van der Waals surface area contributed by atoms with Crippen LogP contribution in [0.5, 0.6) is 5.75 Å². The molecule has 2 aromatic rings. The first-order valence-corrected chi connectivity index (χ1v) is 13.1. The first-order chi connectivity index (χ1) is 15.3. The number of ether oxygens (including phenoxy) is 1. The predicted molar refractivity (Wildman–Crippen MR) is 139 cm³/mol. The molecule has 0 saturated carbocycles. The monoisotopic (exact) mass is 555 g/mol. The van der Waals surface area contributed by atoms with Gasteiger partial charge >= 0.3 is 0 Å². The molecular formula is C23H30BrN3O4S2. The largest absolute Gasteiger partial charge is 0.493 e. The van der Waals surface area contributed by atoms with E-state index in [4.69, 9.17) is 17.0 Å². The summed E-state index contributed by atoms with van der Waals surface area (Å²) >= 11 is 8.64. The van der Waals surface area contributed by atoms with Crippen LogP contribution >= 0.6 is 28.1 Å². The highest BCUT2D eigenvalue weighted by atomic mass is 79.9. The van der Waals surface area contributed by atoms with Crippen LogP contribution in [0, 0.1) is 5.92 Å². The van der Waals surface area contributed by atoms with E-state index in [0.29, 0.717) is 29.5 Å². The lowest BCUT2D eigenvalue weighted by Crippen LogP contribution is -2.40. The van der Waals surface area contributed by atoms with Crippen molar-refractivity contribution in [3.05, 3.63) is 52.5 Å². The predicted octanol–water partition coefficient (Wildman–Crippen LogP) is 5.08.